The van der Waals surface area contributed by atoms with Crippen LogP contribution in [0.3, 0.4) is 0 Å². The Morgan fingerprint density at radius 1 is 1.21 bits per heavy atom. The van der Waals surface area contributed by atoms with Crippen molar-refractivity contribution in [2.24, 2.45) is 11.7 Å². The standard InChI is InChI=1S/C17H17N5OS/c18-15(23)11-5-8-22(9-6-11)17-21-14-4-3-13(20-16(14)24-17)12-2-1-7-19-10-12/h1-4,7,10-11H,5-6,8-9H2,(H2,18,23). The van der Waals surface area contributed by atoms with Crippen molar-refractivity contribution in [1.29, 1.82) is 0 Å². The predicted molar refractivity (Wildman–Crippen MR) is 94.8 cm³/mol. The molecule has 0 unspecified atom stereocenters. The van der Waals surface area contributed by atoms with Crippen LogP contribution in [0.25, 0.3) is 21.6 Å². The second kappa shape index (κ2) is 6.16. The van der Waals surface area contributed by atoms with Crippen LogP contribution in [-0.4, -0.2) is 33.9 Å². The van der Waals surface area contributed by atoms with Crippen LogP contribution in [-0.2, 0) is 4.79 Å². The van der Waals surface area contributed by atoms with Crippen LogP contribution in [0.5, 0.6) is 0 Å². The average molecular weight is 339 g/mol. The lowest BCUT2D eigenvalue weighted by Crippen LogP contribution is -2.38. The Balaban J connectivity index is 1.59. The molecule has 0 spiro atoms. The Bertz CT molecular complexity index is 871. The van der Waals surface area contributed by atoms with Gasteiger partial charge in [-0.2, -0.15) is 0 Å². The van der Waals surface area contributed by atoms with Crippen LogP contribution in [0.2, 0.25) is 0 Å². The normalized spacial score (nSPS) is 15.8. The van der Waals surface area contributed by atoms with E-state index in [9.17, 15) is 4.79 Å². The summed E-state index contributed by atoms with van der Waals surface area (Å²) in [5.74, 6) is -0.201. The number of pyridine rings is 2. The van der Waals surface area contributed by atoms with E-state index < -0.39 is 0 Å². The summed E-state index contributed by atoms with van der Waals surface area (Å²) in [7, 11) is 0. The zero-order valence-corrected chi connectivity index (χ0v) is 13.9. The van der Waals surface area contributed by atoms with Gasteiger partial charge < -0.3 is 10.6 Å². The summed E-state index contributed by atoms with van der Waals surface area (Å²) in [6.07, 6.45) is 5.15. The molecule has 1 aliphatic heterocycles. The van der Waals surface area contributed by atoms with Crippen molar-refractivity contribution in [1.82, 2.24) is 15.0 Å². The second-order valence-electron chi connectivity index (χ2n) is 5.92. The first kappa shape index (κ1) is 15.0. The molecule has 122 valence electrons. The van der Waals surface area contributed by atoms with E-state index >= 15 is 0 Å². The first-order valence-corrected chi connectivity index (χ1v) is 8.74. The Hall–Kier alpha value is -2.54. The van der Waals surface area contributed by atoms with Crippen molar-refractivity contribution in [3.05, 3.63) is 36.7 Å². The highest BCUT2D eigenvalue weighted by Gasteiger charge is 2.25. The number of rotatable bonds is 3. The van der Waals surface area contributed by atoms with Crippen molar-refractivity contribution < 1.29 is 4.79 Å². The number of thiazole rings is 1. The van der Waals surface area contributed by atoms with Gasteiger partial charge in [-0.3, -0.25) is 9.78 Å². The van der Waals surface area contributed by atoms with Gasteiger partial charge in [0.1, 0.15) is 10.3 Å². The van der Waals surface area contributed by atoms with Crippen LogP contribution in [0.15, 0.2) is 36.7 Å². The zero-order valence-electron chi connectivity index (χ0n) is 13.1. The number of anilines is 1. The highest BCUT2D eigenvalue weighted by Crippen LogP contribution is 2.31. The summed E-state index contributed by atoms with van der Waals surface area (Å²) in [5.41, 5.74) is 8.20. The minimum Gasteiger partial charge on any atom is -0.369 e. The number of aromatic nitrogens is 3. The smallest absolute Gasteiger partial charge is 0.220 e. The van der Waals surface area contributed by atoms with E-state index in [2.05, 4.69) is 9.88 Å². The number of hydrogen-bond acceptors (Lipinski definition) is 6. The van der Waals surface area contributed by atoms with Crippen LogP contribution >= 0.6 is 11.3 Å². The third-order valence-electron chi connectivity index (χ3n) is 4.37. The molecule has 7 heteroatoms. The van der Waals surface area contributed by atoms with Crippen LogP contribution in [0, 0.1) is 5.92 Å². The Morgan fingerprint density at radius 2 is 2.04 bits per heavy atom. The fourth-order valence-corrected chi connectivity index (χ4v) is 3.96. The summed E-state index contributed by atoms with van der Waals surface area (Å²) in [4.78, 5) is 28.0. The number of fused-ring (bicyclic) bond motifs is 1. The monoisotopic (exact) mass is 339 g/mol. The van der Waals surface area contributed by atoms with Gasteiger partial charge in [0, 0.05) is 37.0 Å². The molecule has 0 atom stereocenters. The minimum atomic E-state index is -0.193. The lowest BCUT2D eigenvalue weighted by atomic mass is 9.97. The summed E-state index contributed by atoms with van der Waals surface area (Å²) < 4.78 is 0. The number of nitrogens with two attached hydrogens (primary N) is 1. The fourth-order valence-electron chi connectivity index (χ4n) is 2.97. The molecule has 3 aromatic rings. The highest BCUT2D eigenvalue weighted by atomic mass is 32.1. The number of amides is 1. The topological polar surface area (TPSA) is 85.0 Å². The SMILES string of the molecule is NC(=O)C1CCN(c2nc3ccc(-c4cccnc4)nc3s2)CC1. The van der Waals surface area contributed by atoms with Gasteiger partial charge in [0.2, 0.25) is 5.91 Å². The van der Waals surface area contributed by atoms with E-state index in [1.807, 2.05) is 30.5 Å². The van der Waals surface area contributed by atoms with E-state index in [1.165, 1.54) is 0 Å². The van der Waals surface area contributed by atoms with Crippen LogP contribution < -0.4 is 10.6 Å². The molecule has 24 heavy (non-hydrogen) atoms. The highest BCUT2D eigenvalue weighted by molar-refractivity contribution is 7.21. The quantitative estimate of drug-likeness (QED) is 0.792. The Morgan fingerprint density at radius 3 is 2.75 bits per heavy atom. The zero-order chi connectivity index (χ0) is 16.5. The Labute approximate surface area is 143 Å². The molecule has 3 aromatic heterocycles. The number of hydrogen-bond donors (Lipinski definition) is 1. The molecule has 0 aromatic carbocycles. The third-order valence-corrected chi connectivity index (χ3v) is 5.40. The van der Waals surface area contributed by atoms with Gasteiger partial charge >= 0.3 is 0 Å². The molecule has 1 saturated heterocycles. The maximum atomic E-state index is 11.3. The van der Waals surface area contributed by atoms with Gasteiger partial charge in [-0.05, 0) is 37.1 Å². The largest absolute Gasteiger partial charge is 0.369 e. The number of nitrogens with zero attached hydrogens (tertiary/aromatic N) is 4. The van der Waals surface area contributed by atoms with Crippen molar-refractivity contribution >= 4 is 32.7 Å². The van der Waals surface area contributed by atoms with Gasteiger partial charge in [-0.25, -0.2) is 9.97 Å². The Kier molecular flexibility index (Phi) is 3.86. The van der Waals surface area contributed by atoms with Crippen molar-refractivity contribution in [2.75, 3.05) is 18.0 Å². The molecule has 1 aliphatic rings. The van der Waals surface area contributed by atoms with Crippen molar-refractivity contribution in [3.63, 3.8) is 0 Å². The van der Waals surface area contributed by atoms with Gasteiger partial charge in [0.15, 0.2) is 5.13 Å². The third kappa shape index (κ3) is 2.82. The first-order valence-electron chi connectivity index (χ1n) is 7.93. The van der Waals surface area contributed by atoms with E-state index in [4.69, 9.17) is 15.7 Å². The molecule has 4 rings (SSSR count). The molecule has 0 saturated carbocycles. The van der Waals surface area contributed by atoms with E-state index in [0.717, 1.165) is 52.7 Å². The molecule has 6 nitrogen and oxygen atoms in total. The van der Waals surface area contributed by atoms with Gasteiger partial charge in [-0.1, -0.05) is 11.3 Å². The summed E-state index contributed by atoms with van der Waals surface area (Å²) in [6.45, 7) is 1.62. The first-order chi connectivity index (χ1) is 11.7. The fraction of sp³-hybridized carbons (Fsp3) is 0.294. The number of carbonyl (C=O) groups excluding carboxylic acids is 1. The molecule has 2 N–H and O–H groups in total. The minimum absolute atomic E-state index is 0.00839. The molecule has 1 amide bonds. The molecule has 0 bridgehead atoms. The summed E-state index contributed by atoms with van der Waals surface area (Å²) in [6, 6.07) is 7.88. The molecule has 0 aliphatic carbocycles. The van der Waals surface area contributed by atoms with Crippen molar-refractivity contribution in [2.45, 2.75) is 12.8 Å². The lowest BCUT2D eigenvalue weighted by molar-refractivity contribution is -0.122. The number of carbonyl (C=O) groups is 1. The van der Waals surface area contributed by atoms with Crippen molar-refractivity contribution in [3.8, 4) is 11.3 Å². The lowest BCUT2D eigenvalue weighted by Gasteiger charge is -2.30. The van der Waals surface area contributed by atoms with E-state index in [-0.39, 0.29) is 11.8 Å². The van der Waals surface area contributed by atoms with E-state index in [0.29, 0.717) is 0 Å². The molecule has 0 radical (unpaired) electrons. The number of piperidine rings is 1. The van der Waals surface area contributed by atoms with Crippen LogP contribution in [0.4, 0.5) is 5.13 Å². The van der Waals surface area contributed by atoms with Gasteiger partial charge in [0.25, 0.3) is 0 Å². The predicted octanol–water partition coefficient (Wildman–Crippen LogP) is 2.46. The maximum absolute atomic E-state index is 11.3. The second-order valence-corrected chi connectivity index (χ2v) is 6.88. The number of primary amides is 1. The molecule has 1 fully saturated rings. The molecular formula is C17H17N5OS. The maximum Gasteiger partial charge on any atom is 0.220 e. The van der Waals surface area contributed by atoms with Gasteiger partial charge in [-0.15, -0.1) is 0 Å². The molecular weight excluding hydrogens is 322 g/mol. The summed E-state index contributed by atoms with van der Waals surface area (Å²) >= 11 is 1.59. The van der Waals surface area contributed by atoms with E-state index in [1.54, 1.807) is 17.5 Å². The average Bonchev–Trinajstić information content (AvgIpc) is 3.06. The van der Waals surface area contributed by atoms with Crippen LogP contribution in [0.1, 0.15) is 12.8 Å². The van der Waals surface area contributed by atoms with Gasteiger partial charge in [0.05, 0.1) is 5.69 Å². The summed E-state index contributed by atoms with van der Waals surface area (Å²) in [5, 5.41) is 0.962. The molecule has 4 heterocycles.